The van der Waals surface area contributed by atoms with Crippen molar-refractivity contribution in [2.24, 2.45) is 11.8 Å². The molecule has 1 aliphatic rings. The molecule has 0 atom stereocenters. The lowest BCUT2D eigenvalue weighted by Gasteiger charge is -2.24. The lowest BCUT2D eigenvalue weighted by molar-refractivity contribution is 0.259. The van der Waals surface area contributed by atoms with Crippen molar-refractivity contribution < 1.29 is 5.11 Å². The van der Waals surface area contributed by atoms with Crippen LogP contribution in [0.15, 0.2) is 42.7 Å². The molecule has 2 rings (SSSR count). The van der Waals surface area contributed by atoms with Gasteiger partial charge in [0.1, 0.15) is 0 Å². The molecule has 1 aromatic carbocycles. The van der Waals surface area contributed by atoms with Crippen LogP contribution in [0.1, 0.15) is 31.2 Å². The third-order valence-electron chi connectivity index (χ3n) is 3.39. The normalized spacial score (nSPS) is 23.5. The third kappa shape index (κ3) is 3.39. The summed E-state index contributed by atoms with van der Waals surface area (Å²) in [5.41, 5.74) is 1.08. The minimum atomic E-state index is 0.296. The summed E-state index contributed by atoms with van der Waals surface area (Å²) in [4.78, 5) is 0. The maximum absolute atomic E-state index is 9.34. The molecule has 0 spiro atoms. The molecule has 0 heterocycles. The first-order valence-electron chi connectivity index (χ1n) is 6.20. The van der Waals surface area contributed by atoms with Crippen LogP contribution in [0, 0.1) is 23.7 Å². The summed E-state index contributed by atoms with van der Waals surface area (Å²) >= 11 is 0. The van der Waals surface area contributed by atoms with Crippen LogP contribution in [0.2, 0.25) is 0 Å². The van der Waals surface area contributed by atoms with Gasteiger partial charge in [-0.25, -0.2) is 0 Å². The van der Waals surface area contributed by atoms with Crippen molar-refractivity contribution in [3.8, 4) is 11.8 Å². The number of aliphatic hydroxyl groups is 1. The monoisotopic (exact) mass is 226 g/mol. The van der Waals surface area contributed by atoms with Crippen LogP contribution in [0.4, 0.5) is 0 Å². The average molecular weight is 226 g/mol. The van der Waals surface area contributed by atoms with Crippen LogP contribution < -0.4 is 0 Å². The maximum atomic E-state index is 9.34. The molecule has 88 valence electrons. The third-order valence-corrected chi connectivity index (χ3v) is 3.39. The predicted molar refractivity (Wildman–Crippen MR) is 70.5 cm³/mol. The summed E-state index contributed by atoms with van der Waals surface area (Å²) < 4.78 is 0. The molecular weight excluding hydrogens is 208 g/mol. The van der Waals surface area contributed by atoms with E-state index in [1.54, 1.807) is 0 Å². The molecule has 1 N–H and O–H groups in total. The molecule has 1 heteroatoms. The molecule has 0 radical (unpaired) electrons. The van der Waals surface area contributed by atoms with Crippen LogP contribution >= 0.6 is 0 Å². The second-order valence-electron chi connectivity index (χ2n) is 4.68. The van der Waals surface area contributed by atoms with Gasteiger partial charge >= 0.3 is 0 Å². The van der Waals surface area contributed by atoms with Crippen molar-refractivity contribution in [3.05, 3.63) is 48.2 Å². The highest BCUT2D eigenvalue weighted by atomic mass is 16.3. The van der Waals surface area contributed by atoms with Crippen molar-refractivity contribution in [2.75, 3.05) is 0 Å². The van der Waals surface area contributed by atoms with E-state index in [1.807, 2.05) is 30.3 Å². The molecule has 0 saturated heterocycles. The van der Waals surface area contributed by atoms with E-state index in [2.05, 4.69) is 18.4 Å². The number of hydrogen-bond acceptors (Lipinski definition) is 1. The molecule has 1 nitrogen and oxygen atoms in total. The molecule has 0 aromatic heterocycles. The quantitative estimate of drug-likeness (QED) is 0.568. The Morgan fingerprint density at radius 1 is 1.12 bits per heavy atom. The summed E-state index contributed by atoms with van der Waals surface area (Å²) in [6, 6.07) is 10.1. The fourth-order valence-electron chi connectivity index (χ4n) is 2.28. The van der Waals surface area contributed by atoms with E-state index in [0.717, 1.165) is 31.2 Å². The highest BCUT2D eigenvalue weighted by Gasteiger charge is 2.21. The lowest BCUT2D eigenvalue weighted by atomic mass is 9.81. The SMILES string of the molecule is C=C(O)[C@H]1CC[C@@H](C#Cc2ccccc2)CC1. The summed E-state index contributed by atoms with van der Waals surface area (Å²) in [6.45, 7) is 3.62. The van der Waals surface area contributed by atoms with Gasteiger partial charge in [0.2, 0.25) is 0 Å². The van der Waals surface area contributed by atoms with Crippen molar-refractivity contribution in [1.82, 2.24) is 0 Å². The Hall–Kier alpha value is -1.68. The Morgan fingerprint density at radius 3 is 2.35 bits per heavy atom. The lowest BCUT2D eigenvalue weighted by Crippen LogP contribution is -2.14. The summed E-state index contributed by atoms with van der Waals surface area (Å²) in [5.74, 6) is 7.68. The molecule has 1 saturated carbocycles. The Labute approximate surface area is 103 Å². The number of aliphatic hydroxyl groups excluding tert-OH is 1. The van der Waals surface area contributed by atoms with Gasteiger partial charge in [-0.1, -0.05) is 36.6 Å². The molecule has 0 bridgehead atoms. The molecule has 1 aromatic rings. The molecule has 0 unspecified atom stereocenters. The van der Waals surface area contributed by atoms with E-state index >= 15 is 0 Å². The van der Waals surface area contributed by atoms with Gasteiger partial charge in [0.25, 0.3) is 0 Å². The Bertz CT molecular complexity index is 428. The minimum Gasteiger partial charge on any atom is -0.513 e. The van der Waals surface area contributed by atoms with Crippen molar-refractivity contribution in [3.63, 3.8) is 0 Å². The Morgan fingerprint density at radius 2 is 1.76 bits per heavy atom. The largest absolute Gasteiger partial charge is 0.513 e. The summed E-state index contributed by atoms with van der Waals surface area (Å²) in [6.07, 6.45) is 4.18. The summed E-state index contributed by atoms with van der Waals surface area (Å²) in [5, 5.41) is 9.34. The second kappa shape index (κ2) is 5.59. The predicted octanol–water partition coefficient (Wildman–Crippen LogP) is 3.92. The zero-order valence-corrected chi connectivity index (χ0v) is 10.0. The Balaban J connectivity index is 1.91. The smallest absolute Gasteiger partial charge is 0.0881 e. The number of allylic oxidation sites excluding steroid dienone is 1. The molecule has 17 heavy (non-hydrogen) atoms. The number of rotatable bonds is 1. The van der Waals surface area contributed by atoms with E-state index < -0.39 is 0 Å². The van der Waals surface area contributed by atoms with Crippen LogP contribution in [-0.4, -0.2) is 5.11 Å². The van der Waals surface area contributed by atoms with Gasteiger partial charge in [0, 0.05) is 17.4 Å². The first-order chi connectivity index (χ1) is 8.25. The highest BCUT2D eigenvalue weighted by molar-refractivity contribution is 5.34. The van der Waals surface area contributed by atoms with Crippen LogP contribution in [0.3, 0.4) is 0 Å². The van der Waals surface area contributed by atoms with Gasteiger partial charge in [-0.3, -0.25) is 0 Å². The fourth-order valence-corrected chi connectivity index (χ4v) is 2.28. The number of benzene rings is 1. The first-order valence-corrected chi connectivity index (χ1v) is 6.20. The van der Waals surface area contributed by atoms with Crippen molar-refractivity contribution >= 4 is 0 Å². The van der Waals surface area contributed by atoms with Gasteiger partial charge in [0.05, 0.1) is 5.76 Å². The van der Waals surface area contributed by atoms with Crippen LogP contribution in [0.5, 0.6) is 0 Å². The highest BCUT2D eigenvalue weighted by Crippen LogP contribution is 2.31. The minimum absolute atomic E-state index is 0.296. The average Bonchev–Trinajstić information content (AvgIpc) is 2.38. The zero-order chi connectivity index (χ0) is 12.1. The number of hydrogen-bond donors (Lipinski definition) is 1. The van der Waals surface area contributed by atoms with E-state index in [4.69, 9.17) is 0 Å². The van der Waals surface area contributed by atoms with Gasteiger partial charge in [-0.15, -0.1) is 0 Å². The maximum Gasteiger partial charge on any atom is 0.0881 e. The van der Waals surface area contributed by atoms with Crippen LogP contribution in [0.25, 0.3) is 0 Å². The standard InChI is InChI=1S/C16H18O/c1-13(17)16-11-9-15(10-12-16)8-7-14-5-3-2-4-6-14/h2-6,15-17H,1,9-12H2/t15-,16+. The van der Waals surface area contributed by atoms with E-state index in [1.165, 1.54) is 0 Å². The molecule has 0 amide bonds. The first kappa shape index (κ1) is 11.8. The van der Waals surface area contributed by atoms with Crippen molar-refractivity contribution in [1.29, 1.82) is 0 Å². The van der Waals surface area contributed by atoms with Gasteiger partial charge in [0.15, 0.2) is 0 Å². The van der Waals surface area contributed by atoms with Gasteiger partial charge in [-0.05, 0) is 37.8 Å². The summed E-state index contributed by atoms with van der Waals surface area (Å²) in [7, 11) is 0. The molecule has 1 fully saturated rings. The Kier molecular flexibility index (Phi) is 3.88. The van der Waals surface area contributed by atoms with E-state index in [9.17, 15) is 5.11 Å². The van der Waals surface area contributed by atoms with E-state index in [-0.39, 0.29) is 0 Å². The van der Waals surface area contributed by atoms with Crippen LogP contribution in [-0.2, 0) is 0 Å². The molecule has 1 aliphatic carbocycles. The van der Waals surface area contributed by atoms with Crippen molar-refractivity contribution in [2.45, 2.75) is 25.7 Å². The van der Waals surface area contributed by atoms with Gasteiger partial charge in [-0.2, -0.15) is 0 Å². The molecule has 0 aliphatic heterocycles. The second-order valence-corrected chi connectivity index (χ2v) is 4.68. The fraction of sp³-hybridized carbons (Fsp3) is 0.375. The van der Waals surface area contributed by atoms with E-state index in [0.29, 0.717) is 17.6 Å². The topological polar surface area (TPSA) is 20.2 Å². The molecular formula is C16H18O. The van der Waals surface area contributed by atoms with Gasteiger partial charge < -0.3 is 5.11 Å². The zero-order valence-electron chi connectivity index (χ0n) is 10.0.